The van der Waals surface area contributed by atoms with Crippen molar-refractivity contribution in [2.24, 2.45) is 0 Å². The van der Waals surface area contributed by atoms with E-state index in [4.69, 9.17) is 4.74 Å². The molecule has 2 rings (SSSR count). The van der Waals surface area contributed by atoms with Gasteiger partial charge in [0.1, 0.15) is 12.6 Å². The van der Waals surface area contributed by atoms with Crippen LogP contribution < -0.4 is 10.6 Å². The maximum atomic E-state index is 12.5. The van der Waals surface area contributed by atoms with Crippen LogP contribution in [0.15, 0.2) is 60.7 Å². The molecule has 26 heavy (non-hydrogen) atoms. The number of carbonyl (C=O) groups is 2. The van der Waals surface area contributed by atoms with Gasteiger partial charge in [-0.3, -0.25) is 4.79 Å². The van der Waals surface area contributed by atoms with Crippen LogP contribution in [0.5, 0.6) is 0 Å². The van der Waals surface area contributed by atoms with E-state index in [0.717, 1.165) is 24.0 Å². The Labute approximate surface area is 154 Å². The molecule has 0 saturated carbocycles. The summed E-state index contributed by atoms with van der Waals surface area (Å²) in [6.07, 6.45) is 1.72. The number of carbonyl (C=O) groups excluding carboxylic acids is 2. The standard InChI is InChI=1S/C21H26N2O3/c1-2-3-14-22-20(24)19(15-17-10-6-4-7-11-17)23-21(25)26-16-18-12-8-5-9-13-18/h4-13,19H,2-3,14-16H2,1H3,(H,22,24)(H,23,25). The summed E-state index contributed by atoms with van der Waals surface area (Å²) < 4.78 is 5.24. The van der Waals surface area contributed by atoms with Gasteiger partial charge in [-0.2, -0.15) is 0 Å². The Balaban J connectivity index is 1.93. The van der Waals surface area contributed by atoms with Gasteiger partial charge < -0.3 is 15.4 Å². The van der Waals surface area contributed by atoms with Gasteiger partial charge in [-0.15, -0.1) is 0 Å². The molecule has 138 valence electrons. The van der Waals surface area contributed by atoms with Crippen molar-refractivity contribution in [1.82, 2.24) is 10.6 Å². The molecule has 1 atom stereocenters. The SMILES string of the molecule is CCCCNC(=O)C(Cc1ccccc1)NC(=O)OCc1ccccc1. The number of alkyl carbamates (subject to hydrolysis) is 1. The molecule has 0 saturated heterocycles. The van der Waals surface area contributed by atoms with Crippen LogP contribution in [-0.4, -0.2) is 24.6 Å². The predicted molar refractivity (Wildman–Crippen MR) is 102 cm³/mol. The number of unbranched alkanes of at least 4 members (excludes halogenated alkanes) is 1. The van der Waals surface area contributed by atoms with Gasteiger partial charge in [0.2, 0.25) is 5.91 Å². The van der Waals surface area contributed by atoms with E-state index >= 15 is 0 Å². The van der Waals surface area contributed by atoms with Crippen LogP contribution in [0.4, 0.5) is 4.79 Å². The Morgan fingerprint density at radius 3 is 2.19 bits per heavy atom. The van der Waals surface area contributed by atoms with Crippen LogP contribution in [-0.2, 0) is 22.6 Å². The Hall–Kier alpha value is -2.82. The van der Waals surface area contributed by atoms with Gasteiger partial charge in [0.05, 0.1) is 0 Å². The van der Waals surface area contributed by atoms with E-state index < -0.39 is 12.1 Å². The smallest absolute Gasteiger partial charge is 0.408 e. The largest absolute Gasteiger partial charge is 0.445 e. The summed E-state index contributed by atoms with van der Waals surface area (Å²) in [5.74, 6) is -0.195. The zero-order valence-electron chi connectivity index (χ0n) is 15.1. The molecule has 0 heterocycles. The van der Waals surface area contributed by atoms with E-state index in [1.807, 2.05) is 60.7 Å². The van der Waals surface area contributed by atoms with Crippen molar-refractivity contribution in [3.05, 3.63) is 71.8 Å². The van der Waals surface area contributed by atoms with E-state index in [2.05, 4.69) is 17.6 Å². The van der Waals surface area contributed by atoms with Crippen LogP contribution in [0.25, 0.3) is 0 Å². The van der Waals surface area contributed by atoms with Crippen LogP contribution in [0.3, 0.4) is 0 Å². The Morgan fingerprint density at radius 2 is 1.58 bits per heavy atom. The average molecular weight is 354 g/mol. The van der Waals surface area contributed by atoms with E-state index in [-0.39, 0.29) is 12.5 Å². The fourth-order valence-electron chi connectivity index (χ4n) is 2.48. The number of rotatable bonds is 9. The molecule has 5 nitrogen and oxygen atoms in total. The third-order valence-corrected chi connectivity index (χ3v) is 3.93. The van der Waals surface area contributed by atoms with Gasteiger partial charge in [0.15, 0.2) is 0 Å². The summed E-state index contributed by atoms with van der Waals surface area (Å²) in [5, 5.41) is 5.56. The lowest BCUT2D eigenvalue weighted by atomic mass is 10.1. The molecule has 0 aliphatic heterocycles. The highest BCUT2D eigenvalue weighted by Gasteiger charge is 2.21. The minimum absolute atomic E-state index is 0.169. The molecule has 0 fully saturated rings. The zero-order valence-corrected chi connectivity index (χ0v) is 15.1. The minimum Gasteiger partial charge on any atom is -0.445 e. The molecule has 0 aliphatic carbocycles. The second-order valence-corrected chi connectivity index (χ2v) is 6.09. The summed E-state index contributed by atoms with van der Waals surface area (Å²) in [5.41, 5.74) is 1.88. The lowest BCUT2D eigenvalue weighted by Crippen LogP contribution is -2.48. The van der Waals surface area contributed by atoms with Gasteiger partial charge in [0.25, 0.3) is 0 Å². The number of hydrogen-bond acceptors (Lipinski definition) is 3. The quantitative estimate of drug-likeness (QED) is 0.678. The summed E-state index contributed by atoms with van der Waals surface area (Å²) in [6.45, 7) is 2.83. The number of amides is 2. The Morgan fingerprint density at radius 1 is 0.962 bits per heavy atom. The second kappa shape index (κ2) is 10.9. The lowest BCUT2D eigenvalue weighted by Gasteiger charge is -2.18. The van der Waals surface area contributed by atoms with Gasteiger partial charge >= 0.3 is 6.09 Å². The first-order valence-electron chi connectivity index (χ1n) is 8.98. The highest BCUT2D eigenvalue weighted by atomic mass is 16.5. The van der Waals surface area contributed by atoms with E-state index in [1.165, 1.54) is 0 Å². The molecule has 0 aliphatic rings. The van der Waals surface area contributed by atoms with Crippen molar-refractivity contribution in [2.45, 2.75) is 38.8 Å². The maximum absolute atomic E-state index is 12.5. The predicted octanol–water partition coefficient (Wildman–Crippen LogP) is 3.44. The zero-order chi connectivity index (χ0) is 18.6. The van der Waals surface area contributed by atoms with Crippen LogP contribution in [0.1, 0.15) is 30.9 Å². The molecule has 0 aromatic heterocycles. The molecule has 0 bridgehead atoms. The van der Waals surface area contributed by atoms with E-state index in [0.29, 0.717) is 13.0 Å². The van der Waals surface area contributed by atoms with Gasteiger partial charge in [-0.1, -0.05) is 74.0 Å². The molecule has 1 unspecified atom stereocenters. The van der Waals surface area contributed by atoms with Crippen LogP contribution >= 0.6 is 0 Å². The normalized spacial score (nSPS) is 11.4. The molecular formula is C21H26N2O3. The van der Waals surface area contributed by atoms with Crippen molar-refractivity contribution < 1.29 is 14.3 Å². The van der Waals surface area contributed by atoms with Crippen molar-refractivity contribution in [1.29, 1.82) is 0 Å². The molecule has 2 N–H and O–H groups in total. The number of benzene rings is 2. The molecular weight excluding hydrogens is 328 g/mol. The molecule has 2 amide bonds. The topological polar surface area (TPSA) is 67.4 Å². The Bertz CT molecular complexity index is 674. The van der Waals surface area contributed by atoms with Crippen molar-refractivity contribution in [3.8, 4) is 0 Å². The maximum Gasteiger partial charge on any atom is 0.408 e. The number of ether oxygens (including phenoxy) is 1. The van der Waals surface area contributed by atoms with Crippen molar-refractivity contribution in [2.75, 3.05) is 6.54 Å². The fraction of sp³-hybridized carbons (Fsp3) is 0.333. The number of hydrogen-bond donors (Lipinski definition) is 2. The first-order valence-corrected chi connectivity index (χ1v) is 8.98. The summed E-state index contributed by atoms with van der Waals surface area (Å²) >= 11 is 0. The monoisotopic (exact) mass is 354 g/mol. The third kappa shape index (κ3) is 6.97. The first-order chi connectivity index (χ1) is 12.7. The summed E-state index contributed by atoms with van der Waals surface area (Å²) in [4.78, 5) is 24.6. The lowest BCUT2D eigenvalue weighted by molar-refractivity contribution is -0.123. The van der Waals surface area contributed by atoms with Crippen molar-refractivity contribution in [3.63, 3.8) is 0 Å². The Kier molecular flexibility index (Phi) is 8.19. The molecule has 2 aromatic rings. The fourth-order valence-corrected chi connectivity index (χ4v) is 2.48. The van der Waals surface area contributed by atoms with Gasteiger partial charge in [-0.05, 0) is 17.5 Å². The highest BCUT2D eigenvalue weighted by molar-refractivity contribution is 5.85. The summed E-state index contributed by atoms with van der Waals surface area (Å²) in [7, 11) is 0. The highest BCUT2D eigenvalue weighted by Crippen LogP contribution is 2.05. The van der Waals surface area contributed by atoms with Crippen LogP contribution in [0.2, 0.25) is 0 Å². The van der Waals surface area contributed by atoms with E-state index in [1.54, 1.807) is 0 Å². The second-order valence-electron chi connectivity index (χ2n) is 6.09. The van der Waals surface area contributed by atoms with Crippen LogP contribution in [0, 0.1) is 0 Å². The molecule has 0 radical (unpaired) electrons. The first kappa shape index (κ1) is 19.5. The average Bonchev–Trinajstić information content (AvgIpc) is 2.67. The van der Waals surface area contributed by atoms with E-state index in [9.17, 15) is 9.59 Å². The minimum atomic E-state index is -0.669. The molecule has 2 aromatic carbocycles. The van der Waals surface area contributed by atoms with Gasteiger partial charge in [0, 0.05) is 13.0 Å². The van der Waals surface area contributed by atoms with Gasteiger partial charge in [-0.25, -0.2) is 4.79 Å². The molecule has 5 heteroatoms. The summed E-state index contributed by atoms with van der Waals surface area (Å²) in [6, 6.07) is 18.4. The third-order valence-electron chi connectivity index (χ3n) is 3.93. The molecule has 0 spiro atoms. The van der Waals surface area contributed by atoms with Crippen molar-refractivity contribution >= 4 is 12.0 Å². The number of nitrogens with one attached hydrogen (secondary N) is 2.